The Morgan fingerprint density at radius 1 is 1.29 bits per heavy atom. The summed E-state index contributed by atoms with van der Waals surface area (Å²) in [5.41, 5.74) is 6.93. The molecule has 96 valence electrons. The largest absolute Gasteiger partial charge is 0.493 e. The minimum Gasteiger partial charge on any atom is -0.493 e. The first-order valence-corrected chi connectivity index (χ1v) is 6.52. The first-order valence-electron chi connectivity index (χ1n) is 5.73. The summed E-state index contributed by atoms with van der Waals surface area (Å²) in [7, 11) is 1.64. The average molecular weight is 302 g/mol. The van der Waals surface area contributed by atoms with E-state index in [0.717, 1.165) is 28.0 Å². The zero-order chi connectivity index (χ0) is 13.0. The number of methoxy groups -OCH3 is 1. The lowest BCUT2D eigenvalue weighted by Gasteiger charge is -2.19. The lowest BCUT2D eigenvalue weighted by Crippen LogP contribution is -2.19. The predicted molar refractivity (Wildman–Crippen MR) is 73.8 cm³/mol. The highest BCUT2D eigenvalue weighted by atomic mass is 79.9. The van der Waals surface area contributed by atoms with E-state index in [4.69, 9.17) is 15.2 Å². The molecule has 1 aromatic carbocycles. The van der Waals surface area contributed by atoms with E-state index in [-0.39, 0.29) is 12.1 Å². The molecule has 0 aliphatic rings. The number of hydrogen-bond donors (Lipinski definition) is 1. The molecule has 1 atom stereocenters. The minimum absolute atomic E-state index is 0.0768. The Morgan fingerprint density at radius 2 is 1.94 bits per heavy atom. The standard InChI is InChI=1S/C13H20BrNO2/c1-8(2)17-13-10(7-9(3)15)11(14)5-6-12(13)16-4/h5-6,8-9H,7,15H2,1-4H3. The van der Waals surface area contributed by atoms with Gasteiger partial charge in [0.25, 0.3) is 0 Å². The molecule has 0 aliphatic carbocycles. The highest BCUT2D eigenvalue weighted by molar-refractivity contribution is 9.10. The first-order chi connectivity index (χ1) is 7.95. The summed E-state index contributed by atoms with van der Waals surface area (Å²) in [5.74, 6) is 1.53. The van der Waals surface area contributed by atoms with Gasteiger partial charge < -0.3 is 15.2 Å². The Morgan fingerprint density at radius 3 is 2.41 bits per heavy atom. The molecule has 0 radical (unpaired) electrons. The van der Waals surface area contributed by atoms with Gasteiger partial charge in [0.1, 0.15) is 0 Å². The molecule has 0 bridgehead atoms. The molecule has 0 saturated carbocycles. The molecular formula is C13H20BrNO2. The van der Waals surface area contributed by atoms with Crippen molar-refractivity contribution in [2.45, 2.75) is 39.3 Å². The summed E-state index contributed by atoms with van der Waals surface area (Å²) in [6, 6.07) is 3.93. The molecule has 0 saturated heterocycles. The lowest BCUT2D eigenvalue weighted by atomic mass is 10.1. The number of rotatable bonds is 5. The molecule has 0 amide bonds. The van der Waals surface area contributed by atoms with Crippen LogP contribution in [0.5, 0.6) is 11.5 Å². The van der Waals surface area contributed by atoms with E-state index < -0.39 is 0 Å². The van der Waals surface area contributed by atoms with E-state index in [9.17, 15) is 0 Å². The first kappa shape index (κ1) is 14.3. The van der Waals surface area contributed by atoms with Gasteiger partial charge in [-0.15, -0.1) is 0 Å². The van der Waals surface area contributed by atoms with Crippen LogP contribution in [0, 0.1) is 0 Å². The lowest BCUT2D eigenvalue weighted by molar-refractivity contribution is 0.227. The van der Waals surface area contributed by atoms with Crippen molar-refractivity contribution >= 4 is 15.9 Å². The van der Waals surface area contributed by atoms with Gasteiger partial charge in [-0.1, -0.05) is 15.9 Å². The molecule has 17 heavy (non-hydrogen) atoms. The van der Waals surface area contributed by atoms with Gasteiger partial charge in [0, 0.05) is 16.1 Å². The van der Waals surface area contributed by atoms with Crippen molar-refractivity contribution in [2.75, 3.05) is 7.11 Å². The second-order valence-electron chi connectivity index (χ2n) is 4.41. The second kappa shape index (κ2) is 6.26. The summed E-state index contributed by atoms with van der Waals surface area (Å²) in [6.45, 7) is 5.97. The van der Waals surface area contributed by atoms with Crippen molar-refractivity contribution < 1.29 is 9.47 Å². The number of benzene rings is 1. The van der Waals surface area contributed by atoms with Crippen LogP contribution in [0.4, 0.5) is 0 Å². The van der Waals surface area contributed by atoms with E-state index in [2.05, 4.69) is 15.9 Å². The van der Waals surface area contributed by atoms with Crippen LogP contribution in [0.2, 0.25) is 0 Å². The highest BCUT2D eigenvalue weighted by Crippen LogP contribution is 2.37. The third-order valence-corrected chi connectivity index (χ3v) is 3.01. The molecule has 4 heteroatoms. The summed E-state index contributed by atoms with van der Waals surface area (Å²) in [5, 5.41) is 0. The van der Waals surface area contributed by atoms with Crippen LogP contribution in [0.3, 0.4) is 0 Å². The van der Waals surface area contributed by atoms with Gasteiger partial charge in [0.2, 0.25) is 0 Å². The Kier molecular flexibility index (Phi) is 5.28. The second-order valence-corrected chi connectivity index (χ2v) is 5.26. The third kappa shape index (κ3) is 3.89. The molecule has 2 N–H and O–H groups in total. The number of halogens is 1. The van der Waals surface area contributed by atoms with E-state index in [1.165, 1.54) is 0 Å². The van der Waals surface area contributed by atoms with E-state index >= 15 is 0 Å². The molecule has 0 heterocycles. The maximum absolute atomic E-state index is 5.87. The molecule has 3 nitrogen and oxygen atoms in total. The number of nitrogens with two attached hydrogens (primary N) is 1. The number of hydrogen-bond acceptors (Lipinski definition) is 3. The zero-order valence-corrected chi connectivity index (χ0v) is 12.4. The van der Waals surface area contributed by atoms with Crippen LogP contribution < -0.4 is 15.2 Å². The highest BCUT2D eigenvalue weighted by Gasteiger charge is 2.16. The van der Waals surface area contributed by atoms with Crippen molar-refractivity contribution in [3.63, 3.8) is 0 Å². The zero-order valence-electron chi connectivity index (χ0n) is 10.8. The molecule has 0 fully saturated rings. The Bertz CT molecular complexity index is 378. The van der Waals surface area contributed by atoms with Crippen molar-refractivity contribution in [1.29, 1.82) is 0 Å². The predicted octanol–water partition coefficient (Wildman–Crippen LogP) is 3.13. The van der Waals surface area contributed by atoms with Crippen LogP contribution in [0.25, 0.3) is 0 Å². The third-order valence-electron chi connectivity index (χ3n) is 2.27. The van der Waals surface area contributed by atoms with Crippen LogP contribution in [0.15, 0.2) is 16.6 Å². The summed E-state index contributed by atoms with van der Waals surface area (Å²) in [4.78, 5) is 0. The van der Waals surface area contributed by atoms with Crippen LogP contribution in [-0.2, 0) is 6.42 Å². The van der Waals surface area contributed by atoms with Crippen molar-refractivity contribution in [1.82, 2.24) is 0 Å². The molecule has 1 unspecified atom stereocenters. The normalized spacial score (nSPS) is 12.6. The van der Waals surface area contributed by atoms with E-state index in [1.54, 1.807) is 7.11 Å². The SMILES string of the molecule is COc1ccc(Br)c(CC(C)N)c1OC(C)C. The van der Waals surface area contributed by atoms with Crippen molar-refractivity contribution in [3.8, 4) is 11.5 Å². The Labute approximate surface area is 111 Å². The quantitative estimate of drug-likeness (QED) is 0.909. The van der Waals surface area contributed by atoms with Gasteiger partial charge >= 0.3 is 0 Å². The summed E-state index contributed by atoms with van der Waals surface area (Å²) in [6.07, 6.45) is 0.852. The maximum Gasteiger partial charge on any atom is 0.165 e. The monoisotopic (exact) mass is 301 g/mol. The smallest absolute Gasteiger partial charge is 0.165 e. The molecule has 0 aliphatic heterocycles. The Hall–Kier alpha value is -0.740. The minimum atomic E-state index is 0.0768. The van der Waals surface area contributed by atoms with Gasteiger partial charge in [-0.3, -0.25) is 0 Å². The van der Waals surface area contributed by atoms with E-state index in [0.29, 0.717) is 0 Å². The topological polar surface area (TPSA) is 44.5 Å². The van der Waals surface area contributed by atoms with Gasteiger partial charge in [0.05, 0.1) is 13.2 Å². The van der Waals surface area contributed by atoms with Gasteiger partial charge in [-0.05, 0) is 39.3 Å². The van der Waals surface area contributed by atoms with Crippen LogP contribution in [0.1, 0.15) is 26.3 Å². The van der Waals surface area contributed by atoms with Gasteiger partial charge in [-0.25, -0.2) is 0 Å². The molecule has 0 aromatic heterocycles. The summed E-state index contributed by atoms with van der Waals surface area (Å²) >= 11 is 3.54. The van der Waals surface area contributed by atoms with Gasteiger partial charge in [0.15, 0.2) is 11.5 Å². The van der Waals surface area contributed by atoms with Crippen LogP contribution in [-0.4, -0.2) is 19.3 Å². The van der Waals surface area contributed by atoms with E-state index in [1.807, 2.05) is 32.9 Å². The Balaban J connectivity index is 3.21. The fourth-order valence-electron chi connectivity index (χ4n) is 1.62. The maximum atomic E-state index is 5.87. The molecule has 1 rings (SSSR count). The fourth-order valence-corrected chi connectivity index (χ4v) is 2.09. The van der Waals surface area contributed by atoms with Crippen molar-refractivity contribution in [3.05, 3.63) is 22.2 Å². The molecular weight excluding hydrogens is 282 g/mol. The summed E-state index contributed by atoms with van der Waals surface area (Å²) < 4.78 is 12.2. The molecule has 1 aromatic rings. The van der Waals surface area contributed by atoms with Crippen molar-refractivity contribution in [2.24, 2.45) is 5.73 Å². The fraction of sp³-hybridized carbons (Fsp3) is 0.538. The molecule has 0 spiro atoms. The van der Waals surface area contributed by atoms with Gasteiger partial charge in [-0.2, -0.15) is 0 Å². The van der Waals surface area contributed by atoms with Crippen LogP contribution >= 0.6 is 15.9 Å². The number of ether oxygens (including phenoxy) is 2. The average Bonchev–Trinajstić information content (AvgIpc) is 2.22.